The zero-order chi connectivity index (χ0) is 13.7. The van der Waals surface area contributed by atoms with Crippen molar-refractivity contribution in [2.24, 2.45) is 5.92 Å². The SMILES string of the molecule is CC(C)C(NCc1cc(C#N)cs1)c1ccccc1. The molecule has 0 aliphatic rings. The largest absolute Gasteiger partial charge is 0.305 e. The van der Waals surface area contributed by atoms with E-state index in [0.29, 0.717) is 12.0 Å². The van der Waals surface area contributed by atoms with Gasteiger partial charge < -0.3 is 5.32 Å². The third-order valence-corrected chi connectivity index (χ3v) is 4.04. The molecular formula is C16H18N2S. The average Bonchev–Trinajstić information content (AvgIpc) is 2.88. The highest BCUT2D eigenvalue weighted by Gasteiger charge is 2.15. The number of hydrogen-bond acceptors (Lipinski definition) is 3. The molecule has 0 fully saturated rings. The molecule has 2 aromatic rings. The van der Waals surface area contributed by atoms with Gasteiger partial charge >= 0.3 is 0 Å². The van der Waals surface area contributed by atoms with Crippen LogP contribution in [0.15, 0.2) is 41.8 Å². The number of thiophene rings is 1. The normalized spacial score (nSPS) is 12.3. The predicted molar refractivity (Wildman–Crippen MR) is 79.9 cm³/mol. The molecule has 1 heterocycles. The Bertz CT molecular complexity index is 552. The highest BCUT2D eigenvalue weighted by molar-refractivity contribution is 7.10. The van der Waals surface area contributed by atoms with Crippen molar-refractivity contribution in [2.45, 2.75) is 26.4 Å². The van der Waals surface area contributed by atoms with Gasteiger partial charge in [0.2, 0.25) is 0 Å². The molecule has 1 N–H and O–H groups in total. The summed E-state index contributed by atoms with van der Waals surface area (Å²) in [4.78, 5) is 1.21. The smallest absolute Gasteiger partial charge is 0.100 e. The van der Waals surface area contributed by atoms with E-state index in [0.717, 1.165) is 12.1 Å². The summed E-state index contributed by atoms with van der Waals surface area (Å²) in [5, 5.41) is 14.3. The standard InChI is InChI=1S/C16H18N2S/c1-12(2)16(14-6-4-3-5-7-14)18-10-15-8-13(9-17)11-19-15/h3-8,11-12,16,18H,10H2,1-2H3. The van der Waals surface area contributed by atoms with Crippen molar-refractivity contribution < 1.29 is 0 Å². The molecule has 0 saturated heterocycles. The highest BCUT2D eigenvalue weighted by atomic mass is 32.1. The summed E-state index contributed by atoms with van der Waals surface area (Å²) in [7, 11) is 0. The molecular weight excluding hydrogens is 252 g/mol. The van der Waals surface area contributed by atoms with Gasteiger partial charge in [-0.1, -0.05) is 44.2 Å². The van der Waals surface area contributed by atoms with Crippen LogP contribution in [0.1, 0.15) is 35.9 Å². The molecule has 1 aromatic carbocycles. The first kappa shape index (κ1) is 13.8. The van der Waals surface area contributed by atoms with Gasteiger partial charge in [0.15, 0.2) is 0 Å². The Kier molecular flexibility index (Phi) is 4.73. The third-order valence-electron chi connectivity index (χ3n) is 3.10. The van der Waals surface area contributed by atoms with Crippen LogP contribution in [-0.4, -0.2) is 0 Å². The second-order valence-corrected chi connectivity index (χ2v) is 5.92. The Morgan fingerprint density at radius 2 is 2.00 bits per heavy atom. The van der Waals surface area contributed by atoms with E-state index in [1.807, 2.05) is 17.5 Å². The van der Waals surface area contributed by atoms with E-state index in [2.05, 4.69) is 49.5 Å². The first-order valence-electron chi connectivity index (χ1n) is 6.46. The van der Waals surface area contributed by atoms with Gasteiger partial charge in [-0.05, 0) is 17.5 Å². The second-order valence-electron chi connectivity index (χ2n) is 4.93. The molecule has 0 aliphatic carbocycles. The summed E-state index contributed by atoms with van der Waals surface area (Å²) in [6.07, 6.45) is 0. The lowest BCUT2D eigenvalue weighted by Gasteiger charge is -2.22. The molecule has 0 aliphatic heterocycles. The number of nitrogens with one attached hydrogen (secondary N) is 1. The minimum Gasteiger partial charge on any atom is -0.305 e. The zero-order valence-corrected chi connectivity index (χ0v) is 12.1. The molecule has 2 nitrogen and oxygen atoms in total. The summed E-state index contributed by atoms with van der Waals surface area (Å²) in [6, 6.07) is 15.0. The maximum absolute atomic E-state index is 8.83. The van der Waals surface area contributed by atoms with Crippen molar-refractivity contribution in [3.8, 4) is 6.07 Å². The van der Waals surface area contributed by atoms with Gasteiger partial charge in [-0.15, -0.1) is 11.3 Å². The van der Waals surface area contributed by atoms with E-state index < -0.39 is 0 Å². The second kappa shape index (κ2) is 6.51. The summed E-state index contributed by atoms with van der Waals surface area (Å²) >= 11 is 1.64. The molecule has 0 radical (unpaired) electrons. The lowest BCUT2D eigenvalue weighted by atomic mass is 9.96. The molecule has 1 aromatic heterocycles. The van der Waals surface area contributed by atoms with Crippen LogP contribution < -0.4 is 5.32 Å². The number of hydrogen-bond donors (Lipinski definition) is 1. The third kappa shape index (κ3) is 3.66. The summed E-state index contributed by atoms with van der Waals surface area (Å²) in [5.41, 5.74) is 2.07. The van der Waals surface area contributed by atoms with Crippen molar-refractivity contribution in [3.63, 3.8) is 0 Å². The maximum atomic E-state index is 8.83. The van der Waals surface area contributed by atoms with Gasteiger partial charge in [0.1, 0.15) is 6.07 Å². The number of nitriles is 1. The quantitative estimate of drug-likeness (QED) is 0.887. The van der Waals surface area contributed by atoms with Gasteiger partial charge in [-0.3, -0.25) is 0 Å². The van der Waals surface area contributed by atoms with Crippen LogP contribution in [0.4, 0.5) is 0 Å². The molecule has 2 rings (SSSR count). The molecule has 98 valence electrons. The van der Waals surface area contributed by atoms with Gasteiger partial charge in [0.25, 0.3) is 0 Å². The minimum absolute atomic E-state index is 0.342. The van der Waals surface area contributed by atoms with Gasteiger partial charge in [0, 0.05) is 22.8 Å². The Hall–Kier alpha value is -1.63. The Morgan fingerprint density at radius 1 is 1.26 bits per heavy atom. The Morgan fingerprint density at radius 3 is 2.58 bits per heavy atom. The van der Waals surface area contributed by atoms with Crippen molar-refractivity contribution in [1.82, 2.24) is 5.32 Å². The van der Waals surface area contributed by atoms with Crippen molar-refractivity contribution in [3.05, 3.63) is 57.8 Å². The number of rotatable bonds is 5. The van der Waals surface area contributed by atoms with Gasteiger partial charge in [-0.25, -0.2) is 0 Å². The molecule has 1 atom stereocenters. The molecule has 3 heteroatoms. The molecule has 0 amide bonds. The molecule has 0 bridgehead atoms. The highest BCUT2D eigenvalue weighted by Crippen LogP contribution is 2.23. The van der Waals surface area contributed by atoms with Gasteiger partial charge in [-0.2, -0.15) is 5.26 Å². The van der Waals surface area contributed by atoms with Crippen molar-refractivity contribution in [1.29, 1.82) is 5.26 Å². The fourth-order valence-corrected chi connectivity index (χ4v) is 2.90. The molecule has 0 spiro atoms. The maximum Gasteiger partial charge on any atom is 0.100 e. The van der Waals surface area contributed by atoms with Crippen LogP contribution in [0.3, 0.4) is 0 Å². The fourth-order valence-electron chi connectivity index (χ4n) is 2.14. The first-order valence-corrected chi connectivity index (χ1v) is 7.34. The Labute approximate surface area is 118 Å². The molecule has 19 heavy (non-hydrogen) atoms. The first-order chi connectivity index (χ1) is 9.20. The minimum atomic E-state index is 0.342. The summed E-state index contributed by atoms with van der Waals surface area (Å²) < 4.78 is 0. The number of nitrogens with zero attached hydrogens (tertiary/aromatic N) is 1. The lowest BCUT2D eigenvalue weighted by molar-refractivity contribution is 0.412. The van der Waals surface area contributed by atoms with E-state index in [1.165, 1.54) is 10.4 Å². The monoisotopic (exact) mass is 270 g/mol. The van der Waals surface area contributed by atoms with E-state index in [4.69, 9.17) is 5.26 Å². The van der Waals surface area contributed by atoms with Crippen molar-refractivity contribution >= 4 is 11.3 Å². The van der Waals surface area contributed by atoms with E-state index >= 15 is 0 Å². The van der Waals surface area contributed by atoms with E-state index in [-0.39, 0.29) is 0 Å². The summed E-state index contributed by atoms with van der Waals surface area (Å²) in [5.74, 6) is 0.526. The van der Waals surface area contributed by atoms with E-state index in [1.54, 1.807) is 11.3 Å². The fraction of sp³-hybridized carbons (Fsp3) is 0.312. The van der Waals surface area contributed by atoms with E-state index in [9.17, 15) is 0 Å². The number of benzene rings is 1. The average molecular weight is 270 g/mol. The van der Waals surface area contributed by atoms with Crippen LogP contribution in [-0.2, 0) is 6.54 Å². The molecule has 0 saturated carbocycles. The van der Waals surface area contributed by atoms with Crippen molar-refractivity contribution in [2.75, 3.05) is 0 Å². The Balaban J connectivity index is 2.04. The van der Waals surface area contributed by atoms with Crippen LogP contribution in [0.25, 0.3) is 0 Å². The van der Waals surface area contributed by atoms with Crippen LogP contribution >= 0.6 is 11.3 Å². The van der Waals surface area contributed by atoms with Crippen LogP contribution in [0.5, 0.6) is 0 Å². The summed E-state index contributed by atoms with van der Waals surface area (Å²) in [6.45, 7) is 5.25. The zero-order valence-electron chi connectivity index (χ0n) is 11.3. The lowest BCUT2D eigenvalue weighted by Crippen LogP contribution is -2.24. The molecule has 1 unspecified atom stereocenters. The topological polar surface area (TPSA) is 35.8 Å². The van der Waals surface area contributed by atoms with Crippen LogP contribution in [0.2, 0.25) is 0 Å². The van der Waals surface area contributed by atoms with Crippen LogP contribution in [0, 0.1) is 17.2 Å². The van der Waals surface area contributed by atoms with Gasteiger partial charge in [0.05, 0.1) is 5.56 Å². The predicted octanol–water partition coefficient (Wildman–Crippen LogP) is 4.11.